The predicted octanol–water partition coefficient (Wildman–Crippen LogP) is 2.63. The van der Waals surface area contributed by atoms with E-state index in [1.54, 1.807) is 0 Å². The Morgan fingerprint density at radius 1 is 0.828 bits per heavy atom. The number of rotatable bonds is 4. The highest BCUT2D eigenvalue weighted by Crippen LogP contribution is 2.24. The maximum atomic E-state index is 12.2. The van der Waals surface area contributed by atoms with Crippen molar-refractivity contribution in [1.82, 2.24) is 0 Å². The molecule has 1 rings (SSSR count). The molecule has 0 amide bonds. The van der Waals surface area contributed by atoms with E-state index in [1.807, 2.05) is 0 Å². The third kappa shape index (κ3) is 10.4. The molecule has 29 heavy (non-hydrogen) atoms. The SMILES string of the molecule is O=C(/C=C/[S+](OC(=O)C(F)(F)F)c1ccccc1)C(F)(F)F.O=C([O-])C(F)(F)F. The second-order valence-electron chi connectivity index (χ2n) is 4.43. The van der Waals surface area contributed by atoms with Gasteiger partial charge in [0.2, 0.25) is 4.90 Å². The van der Waals surface area contributed by atoms with Gasteiger partial charge in [0.25, 0.3) is 17.0 Å². The molecule has 0 bridgehead atoms. The van der Waals surface area contributed by atoms with Gasteiger partial charge >= 0.3 is 24.5 Å². The van der Waals surface area contributed by atoms with Crippen LogP contribution < -0.4 is 5.11 Å². The molecule has 1 unspecified atom stereocenters. The Hall–Kier alpha value is -2.71. The van der Waals surface area contributed by atoms with Crippen molar-refractivity contribution in [2.75, 3.05) is 0 Å². The Balaban J connectivity index is 0.000000956. The molecule has 1 aromatic rings. The summed E-state index contributed by atoms with van der Waals surface area (Å²) < 4.78 is 108. The van der Waals surface area contributed by atoms with Crippen LogP contribution in [0.15, 0.2) is 46.7 Å². The number of alkyl halides is 9. The molecule has 0 saturated heterocycles. The maximum absolute atomic E-state index is 12.2. The minimum atomic E-state index is -5.30. The Kier molecular flexibility index (Phi) is 9.23. The third-order valence-corrected chi connectivity index (χ3v) is 3.68. The summed E-state index contributed by atoms with van der Waals surface area (Å²) >= 11 is -2.09. The summed E-state index contributed by atoms with van der Waals surface area (Å²) in [6.07, 6.45) is -15.6. The lowest BCUT2D eigenvalue weighted by Gasteiger charge is -2.05. The average Bonchev–Trinajstić information content (AvgIpc) is 2.56. The van der Waals surface area contributed by atoms with Gasteiger partial charge in [-0.2, -0.15) is 39.5 Å². The van der Waals surface area contributed by atoms with Gasteiger partial charge in [0, 0.05) is 6.08 Å². The Labute approximate surface area is 158 Å². The van der Waals surface area contributed by atoms with Crippen molar-refractivity contribution in [3.8, 4) is 0 Å². The first-order chi connectivity index (χ1) is 13.0. The molecule has 0 saturated carbocycles. The molecule has 0 fully saturated rings. The lowest BCUT2D eigenvalue weighted by molar-refractivity contribution is -0.344. The molecule has 0 spiro atoms. The Morgan fingerprint density at radius 3 is 1.62 bits per heavy atom. The lowest BCUT2D eigenvalue weighted by atomic mass is 10.4. The zero-order valence-electron chi connectivity index (χ0n) is 13.4. The number of carbonyl (C=O) groups excluding carboxylic acids is 3. The summed E-state index contributed by atoms with van der Waals surface area (Å²) in [5.74, 6) is -7.85. The van der Waals surface area contributed by atoms with E-state index in [9.17, 15) is 49.1 Å². The molecule has 1 aromatic carbocycles. The van der Waals surface area contributed by atoms with Crippen molar-refractivity contribution in [2.45, 2.75) is 23.4 Å². The number of carboxylic acid groups (broad SMARTS) is 1. The normalized spacial score (nSPS) is 13.3. The first-order valence-electron chi connectivity index (χ1n) is 6.61. The van der Waals surface area contributed by atoms with Gasteiger partial charge in [0.05, 0.1) is 0 Å². The number of carboxylic acids is 1. The van der Waals surface area contributed by atoms with Crippen molar-refractivity contribution in [3.05, 3.63) is 41.8 Å². The van der Waals surface area contributed by atoms with Gasteiger partial charge in [-0.15, -0.1) is 0 Å². The molecule has 0 radical (unpaired) electrons. The van der Waals surface area contributed by atoms with Crippen LogP contribution >= 0.6 is 0 Å². The fourth-order valence-electron chi connectivity index (χ4n) is 1.06. The number of benzene rings is 1. The van der Waals surface area contributed by atoms with Crippen LogP contribution in [0, 0.1) is 0 Å². The van der Waals surface area contributed by atoms with Gasteiger partial charge in [-0.3, -0.25) is 4.79 Å². The van der Waals surface area contributed by atoms with Crippen LogP contribution in [0.4, 0.5) is 39.5 Å². The number of hydrogen-bond acceptors (Lipinski definition) is 5. The molecular formula is C14H7F9O5S. The number of hydrogen-bond donors (Lipinski definition) is 0. The molecular weight excluding hydrogens is 451 g/mol. The fourth-order valence-corrected chi connectivity index (χ4v) is 2.30. The van der Waals surface area contributed by atoms with Crippen molar-refractivity contribution in [3.63, 3.8) is 0 Å². The maximum Gasteiger partial charge on any atom is 0.496 e. The van der Waals surface area contributed by atoms with Crippen molar-refractivity contribution in [1.29, 1.82) is 0 Å². The van der Waals surface area contributed by atoms with Crippen LogP contribution in [0.5, 0.6) is 0 Å². The van der Waals surface area contributed by atoms with Crippen LogP contribution in [-0.2, 0) is 29.7 Å². The summed E-state index contributed by atoms with van der Waals surface area (Å²) in [5.41, 5.74) is 0. The van der Waals surface area contributed by atoms with E-state index in [0.717, 1.165) is 0 Å². The molecule has 0 aliphatic carbocycles. The van der Waals surface area contributed by atoms with Crippen LogP contribution in [0.25, 0.3) is 0 Å². The molecule has 0 heterocycles. The van der Waals surface area contributed by atoms with E-state index in [1.165, 1.54) is 30.3 Å². The third-order valence-electron chi connectivity index (χ3n) is 2.23. The van der Waals surface area contributed by atoms with E-state index in [0.29, 0.717) is 5.41 Å². The molecule has 5 nitrogen and oxygen atoms in total. The summed E-state index contributed by atoms with van der Waals surface area (Å²) in [4.78, 5) is 30.3. The van der Waals surface area contributed by atoms with Crippen LogP contribution in [0.2, 0.25) is 0 Å². The van der Waals surface area contributed by atoms with E-state index in [-0.39, 0.29) is 11.0 Å². The standard InChI is InChI=1S/C12H7F6O3S.C2HF3O2/c13-11(14,15)9(19)6-7-22(8-4-2-1-3-5-8)21-10(20)12(16,17)18;3-2(4,5)1(6)7/h1-7H;(H,6,7)/q+1;/p-1/b7-6+;. The van der Waals surface area contributed by atoms with Crippen molar-refractivity contribution >= 4 is 28.9 Å². The van der Waals surface area contributed by atoms with Gasteiger partial charge in [-0.1, -0.05) is 18.2 Å². The monoisotopic (exact) mass is 458 g/mol. The number of carbonyl (C=O) groups is 3. The number of aliphatic carboxylic acids is 1. The summed E-state index contributed by atoms with van der Waals surface area (Å²) in [7, 11) is 0. The predicted molar refractivity (Wildman–Crippen MR) is 75.5 cm³/mol. The molecule has 0 aliphatic heterocycles. The first-order valence-corrected chi connectivity index (χ1v) is 7.82. The lowest BCUT2D eigenvalue weighted by Crippen LogP contribution is -2.37. The second kappa shape index (κ2) is 10.2. The van der Waals surface area contributed by atoms with Gasteiger partial charge in [0.1, 0.15) is 5.97 Å². The quantitative estimate of drug-likeness (QED) is 0.394. The second-order valence-corrected chi connectivity index (χ2v) is 5.93. The summed E-state index contributed by atoms with van der Waals surface area (Å²) in [5, 5.41) is 9.25. The molecule has 0 N–H and O–H groups in total. The van der Waals surface area contributed by atoms with E-state index < -0.39 is 47.4 Å². The largest absolute Gasteiger partial charge is 0.542 e. The highest BCUT2D eigenvalue weighted by molar-refractivity contribution is 7.95. The fraction of sp³-hybridized carbons (Fsp3) is 0.214. The van der Waals surface area contributed by atoms with E-state index in [4.69, 9.17) is 9.90 Å². The molecule has 162 valence electrons. The number of ketones is 1. The van der Waals surface area contributed by atoms with E-state index >= 15 is 0 Å². The van der Waals surface area contributed by atoms with Crippen molar-refractivity contribution < 1.29 is 63.2 Å². The molecule has 0 aromatic heterocycles. The van der Waals surface area contributed by atoms with Crippen LogP contribution in [-0.4, -0.2) is 36.3 Å². The molecule has 0 aliphatic rings. The summed E-state index contributed by atoms with van der Waals surface area (Å²) in [6, 6.07) is 6.76. The minimum Gasteiger partial charge on any atom is -0.542 e. The van der Waals surface area contributed by atoms with Gasteiger partial charge in [-0.25, -0.2) is 8.98 Å². The Morgan fingerprint density at radius 2 is 1.28 bits per heavy atom. The number of halogens is 9. The van der Waals surface area contributed by atoms with Crippen LogP contribution in [0.1, 0.15) is 0 Å². The van der Waals surface area contributed by atoms with Crippen molar-refractivity contribution in [2.24, 2.45) is 0 Å². The highest BCUT2D eigenvalue weighted by atomic mass is 32.2. The average molecular weight is 458 g/mol. The van der Waals surface area contributed by atoms with Gasteiger partial charge in [-0.05, 0) is 12.1 Å². The van der Waals surface area contributed by atoms with Crippen LogP contribution in [0.3, 0.4) is 0 Å². The Bertz CT molecular complexity index is 739. The van der Waals surface area contributed by atoms with Gasteiger partial charge in [0.15, 0.2) is 5.41 Å². The minimum absolute atomic E-state index is 0.00586. The first kappa shape index (κ1) is 26.3. The zero-order valence-corrected chi connectivity index (χ0v) is 14.2. The van der Waals surface area contributed by atoms with E-state index in [2.05, 4.69) is 4.18 Å². The molecule has 15 heteroatoms. The summed E-state index contributed by atoms with van der Waals surface area (Å²) in [6.45, 7) is 0. The number of allylic oxidation sites excluding steroid dienone is 1. The van der Waals surface area contributed by atoms with Gasteiger partial charge < -0.3 is 9.90 Å². The smallest absolute Gasteiger partial charge is 0.496 e. The highest BCUT2D eigenvalue weighted by Gasteiger charge is 2.47. The molecule has 1 atom stereocenters. The zero-order chi connectivity index (χ0) is 23.0. The topological polar surface area (TPSA) is 83.5 Å².